The Hall–Kier alpha value is -3.39. The second-order valence-electron chi connectivity index (χ2n) is 7.39. The molecule has 0 saturated heterocycles. The molecule has 0 heterocycles. The first-order valence-electron chi connectivity index (χ1n) is 9.58. The molecule has 0 aliphatic rings. The van der Waals surface area contributed by atoms with Crippen LogP contribution in [-0.4, -0.2) is 57.4 Å². The van der Waals surface area contributed by atoms with E-state index in [4.69, 9.17) is 0 Å². The third-order valence-electron chi connectivity index (χ3n) is 4.52. The van der Waals surface area contributed by atoms with Crippen LogP contribution in [0.25, 0.3) is 0 Å². The van der Waals surface area contributed by atoms with Crippen molar-refractivity contribution in [3.05, 3.63) is 54.1 Å². The van der Waals surface area contributed by atoms with E-state index >= 15 is 0 Å². The molecule has 0 saturated carbocycles. The number of nitrogens with zero attached hydrogens (tertiary/aromatic N) is 2. The van der Waals surface area contributed by atoms with E-state index in [1.165, 1.54) is 6.92 Å². The van der Waals surface area contributed by atoms with Gasteiger partial charge in [-0.15, -0.1) is 0 Å². The summed E-state index contributed by atoms with van der Waals surface area (Å²) < 4.78 is 0. The van der Waals surface area contributed by atoms with E-state index in [1.807, 2.05) is 62.3 Å². The van der Waals surface area contributed by atoms with E-state index in [9.17, 15) is 14.4 Å². The third kappa shape index (κ3) is 6.59. The minimum absolute atomic E-state index is 0.0824. The number of nitrogens with one attached hydrogen (secondary N) is 3. The standard InChI is InChI=1S/C22H29N5O3/c1-15(28)24-17-7-6-8-18(13-17)25-22(30)21(29)23-14-20(27(4)5)16-9-11-19(12-10-16)26(2)3/h6-13,20H,14H2,1-5H3,(H,23,29)(H,24,28)(H,25,30)/t20-/m1/s1. The van der Waals surface area contributed by atoms with Crippen molar-refractivity contribution in [2.45, 2.75) is 13.0 Å². The first kappa shape index (κ1) is 22.9. The van der Waals surface area contributed by atoms with Crippen LogP contribution in [0, 0.1) is 0 Å². The molecule has 1 atom stereocenters. The molecular formula is C22H29N5O3. The van der Waals surface area contributed by atoms with Crippen LogP contribution in [0.3, 0.4) is 0 Å². The molecule has 3 N–H and O–H groups in total. The minimum Gasteiger partial charge on any atom is -0.378 e. The second-order valence-corrected chi connectivity index (χ2v) is 7.39. The number of hydrogen-bond donors (Lipinski definition) is 3. The van der Waals surface area contributed by atoms with E-state index in [0.717, 1.165) is 11.3 Å². The van der Waals surface area contributed by atoms with E-state index in [2.05, 4.69) is 16.0 Å². The Kier molecular flexibility index (Phi) is 7.94. The van der Waals surface area contributed by atoms with Crippen molar-refractivity contribution < 1.29 is 14.4 Å². The average Bonchev–Trinajstić information content (AvgIpc) is 2.67. The second kappa shape index (κ2) is 10.4. The van der Waals surface area contributed by atoms with E-state index in [0.29, 0.717) is 11.4 Å². The summed E-state index contributed by atoms with van der Waals surface area (Å²) >= 11 is 0. The van der Waals surface area contributed by atoms with Gasteiger partial charge >= 0.3 is 11.8 Å². The highest BCUT2D eigenvalue weighted by atomic mass is 16.2. The average molecular weight is 412 g/mol. The number of anilines is 3. The lowest BCUT2D eigenvalue weighted by Gasteiger charge is -2.25. The fourth-order valence-corrected chi connectivity index (χ4v) is 2.93. The molecule has 0 bridgehead atoms. The van der Waals surface area contributed by atoms with Crippen LogP contribution in [0.4, 0.5) is 17.1 Å². The molecule has 30 heavy (non-hydrogen) atoms. The van der Waals surface area contributed by atoms with Gasteiger partial charge in [-0.3, -0.25) is 14.4 Å². The quantitative estimate of drug-likeness (QED) is 0.607. The lowest BCUT2D eigenvalue weighted by molar-refractivity contribution is -0.136. The lowest BCUT2D eigenvalue weighted by atomic mass is 10.1. The molecule has 8 nitrogen and oxygen atoms in total. The molecule has 160 valence electrons. The molecule has 2 aromatic rings. The predicted octanol–water partition coefficient (Wildman–Crippen LogP) is 2.07. The lowest BCUT2D eigenvalue weighted by Crippen LogP contribution is -2.40. The Balaban J connectivity index is 1.98. The maximum absolute atomic E-state index is 12.3. The third-order valence-corrected chi connectivity index (χ3v) is 4.52. The summed E-state index contributed by atoms with van der Waals surface area (Å²) in [6.07, 6.45) is 0. The topological polar surface area (TPSA) is 93.8 Å². The van der Waals surface area contributed by atoms with Crippen molar-refractivity contribution in [2.24, 2.45) is 0 Å². The van der Waals surface area contributed by atoms with Crippen molar-refractivity contribution in [2.75, 3.05) is 50.3 Å². The van der Waals surface area contributed by atoms with E-state index in [-0.39, 0.29) is 18.5 Å². The number of hydrogen-bond acceptors (Lipinski definition) is 5. The fourth-order valence-electron chi connectivity index (χ4n) is 2.93. The van der Waals surface area contributed by atoms with Crippen molar-refractivity contribution in [1.29, 1.82) is 0 Å². The van der Waals surface area contributed by atoms with Crippen LogP contribution in [0.1, 0.15) is 18.5 Å². The largest absolute Gasteiger partial charge is 0.378 e. The number of amides is 3. The van der Waals surface area contributed by atoms with Gasteiger partial charge < -0.3 is 25.8 Å². The summed E-state index contributed by atoms with van der Waals surface area (Å²) in [5.41, 5.74) is 3.08. The van der Waals surface area contributed by atoms with Gasteiger partial charge in [0.05, 0.1) is 6.04 Å². The van der Waals surface area contributed by atoms with Gasteiger partial charge in [-0.2, -0.15) is 0 Å². The first-order valence-corrected chi connectivity index (χ1v) is 9.58. The van der Waals surface area contributed by atoms with Crippen LogP contribution >= 0.6 is 0 Å². The monoisotopic (exact) mass is 411 g/mol. The molecule has 8 heteroatoms. The molecule has 0 fully saturated rings. The Morgan fingerprint density at radius 2 is 1.47 bits per heavy atom. The van der Waals surface area contributed by atoms with Crippen LogP contribution in [0.2, 0.25) is 0 Å². The Morgan fingerprint density at radius 3 is 2.00 bits per heavy atom. The summed E-state index contributed by atoms with van der Waals surface area (Å²) in [7, 11) is 7.79. The molecule has 2 aromatic carbocycles. The molecule has 0 aliphatic heterocycles. The molecular weight excluding hydrogens is 382 g/mol. The van der Waals surface area contributed by atoms with Crippen LogP contribution in [0.5, 0.6) is 0 Å². The van der Waals surface area contributed by atoms with Gasteiger partial charge in [0, 0.05) is 44.6 Å². The molecule has 3 amide bonds. The normalized spacial score (nSPS) is 11.5. The number of rotatable bonds is 7. The molecule has 0 unspecified atom stereocenters. The summed E-state index contributed by atoms with van der Waals surface area (Å²) in [6, 6.07) is 14.6. The Bertz CT molecular complexity index is 894. The molecule has 0 aliphatic carbocycles. The number of carbonyl (C=O) groups is 3. The van der Waals surface area contributed by atoms with Crippen molar-refractivity contribution in [3.8, 4) is 0 Å². The van der Waals surface area contributed by atoms with Gasteiger partial charge in [0.1, 0.15) is 0 Å². The SMILES string of the molecule is CC(=O)Nc1cccc(NC(=O)C(=O)NC[C@H](c2ccc(N(C)C)cc2)N(C)C)c1. The van der Waals surface area contributed by atoms with Gasteiger partial charge in [-0.1, -0.05) is 18.2 Å². The maximum Gasteiger partial charge on any atom is 0.313 e. The summed E-state index contributed by atoms with van der Waals surface area (Å²) in [6.45, 7) is 1.68. The zero-order chi connectivity index (χ0) is 22.3. The van der Waals surface area contributed by atoms with Gasteiger partial charge in [-0.25, -0.2) is 0 Å². The van der Waals surface area contributed by atoms with Gasteiger partial charge in [0.2, 0.25) is 5.91 Å². The first-order chi connectivity index (χ1) is 14.2. The van der Waals surface area contributed by atoms with E-state index in [1.54, 1.807) is 24.3 Å². The van der Waals surface area contributed by atoms with Crippen LogP contribution in [0.15, 0.2) is 48.5 Å². The smallest absolute Gasteiger partial charge is 0.313 e. The van der Waals surface area contributed by atoms with Crippen molar-refractivity contribution in [3.63, 3.8) is 0 Å². The number of likely N-dealkylation sites (N-methyl/N-ethyl adjacent to an activating group) is 1. The fraction of sp³-hybridized carbons (Fsp3) is 0.318. The summed E-state index contributed by atoms with van der Waals surface area (Å²) in [4.78, 5) is 39.7. The van der Waals surface area contributed by atoms with Gasteiger partial charge in [0.25, 0.3) is 0 Å². The molecule has 2 rings (SSSR count). The highest BCUT2D eigenvalue weighted by Crippen LogP contribution is 2.21. The van der Waals surface area contributed by atoms with Gasteiger partial charge in [-0.05, 0) is 50.0 Å². The summed E-state index contributed by atoms with van der Waals surface area (Å²) in [5, 5.41) is 7.87. The predicted molar refractivity (Wildman–Crippen MR) is 120 cm³/mol. The molecule has 0 radical (unpaired) electrons. The maximum atomic E-state index is 12.3. The number of carbonyl (C=O) groups excluding carboxylic acids is 3. The van der Waals surface area contributed by atoms with Crippen molar-refractivity contribution in [1.82, 2.24) is 10.2 Å². The summed E-state index contributed by atoms with van der Waals surface area (Å²) in [5.74, 6) is -1.71. The minimum atomic E-state index is -0.768. The number of benzene rings is 2. The van der Waals surface area contributed by atoms with Crippen LogP contribution < -0.4 is 20.9 Å². The highest BCUT2D eigenvalue weighted by molar-refractivity contribution is 6.39. The Labute approximate surface area is 177 Å². The zero-order valence-corrected chi connectivity index (χ0v) is 18.0. The van der Waals surface area contributed by atoms with E-state index < -0.39 is 11.8 Å². The zero-order valence-electron chi connectivity index (χ0n) is 18.0. The van der Waals surface area contributed by atoms with Crippen LogP contribution in [-0.2, 0) is 14.4 Å². The Morgan fingerprint density at radius 1 is 0.867 bits per heavy atom. The van der Waals surface area contributed by atoms with Crippen molar-refractivity contribution >= 4 is 34.8 Å². The highest BCUT2D eigenvalue weighted by Gasteiger charge is 2.19. The molecule has 0 spiro atoms. The molecule has 0 aromatic heterocycles. The van der Waals surface area contributed by atoms with Gasteiger partial charge in [0.15, 0.2) is 0 Å².